The Kier molecular flexibility index (Phi) is 4.36. The summed E-state index contributed by atoms with van der Waals surface area (Å²) in [5.41, 5.74) is 2.75. The van der Waals surface area contributed by atoms with E-state index >= 15 is 0 Å². The van der Waals surface area contributed by atoms with Crippen LogP contribution in [0.1, 0.15) is 28.8 Å². The van der Waals surface area contributed by atoms with Crippen molar-refractivity contribution >= 4 is 29.3 Å². The molecular weight excluding hydrogens is 408 g/mol. The molecule has 3 amide bonds. The number of halogens is 1. The van der Waals surface area contributed by atoms with Crippen LogP contribution >= 0.6 is 11.6 Å². The zero-order chi connectivity index (χ0) is 20.8. The van der Waals surface area contributed by atoms with E-state index in [1.807, 2.05) is 6.07 Å². The lowest BCUT2D eigenvalue weighted by Gasteiger charge is -2.29. The number of piperidine rings is 1. The molecule has 0 saturated carbocycles. The van der Waals surface area contributed by atoms with Gasteiger partial charge in [0.05, 0.1) is 0 Å². The summed E-state index contributed by atoms with van der Waals surface area (Å²) in [7, 11) is 0. The van der Waals surface area contributed by atoms with E-state index in [1.54, 1.807) is 36.4 Å². The van der Waals surface area contributed by atoms with Crippen molar-refractivity contribution in [1.29, 1.82) is 0 Å². The minimum atomic E-state index is -0.647. The molecule has 2 aromatic carbocycles. The molecule has 1 saturated heterocycles. The fraction of sp³-hybridized carbons (Fsp3) is 0.190. The highest BCUT2D eigenvalue weighted by Gasteiger charge is 2.39. The van der Waals surface area contributed by atoms with Gasteiger partial charge in [-0.3, -0.25) is 19.7 Å². The van der Waals surface area contributed by atoms with Crippen LogP contribution in [0.15, 0.2) is 47.0 Å². The Balaban J connectivity index is 1.40. The summed E-state index contributed by atoms with van der Waals surface area (Å²) >= 11 is 5.91. The van der Waals surface area contributed by atoms with Gasteiger partial charge in [-0.05, 0) is 54.4 Å². The third kappa shape index (κ3) is 3.15. The Bertz CT molecular complexity index is 1190. The molecule has 2 aliphatic heterocycles. The maximum atomic E-state index is 12.8. The van der Waals surface area contributed by atoms with Crippen LogP contribution in [0.5, 0.6) is 0 Å². The quantitative estimate of drug-likeness (QED) is 0.650. The van der Waals surface area contributed by atoms with Gasteiger partial charge < -0.3 is 9.42 Å². The molecule has 1 fully saturated rings. The van der Waals surface area contributed by atoms with Gasteiger partial charge in [-0.15, -0.1) is 0 Å². The number of fused-ring (bicyclic) bond motifs is 1. The van der Waals surface area contributed by atoms with Gasteiger partial charge >= 0.3 is 0 Å². The number of aromatic nitrogens is 2. The molecule has 0 spiro atoms. The predicted octanol–water partition coefficient (Wildman–Crippen LogP) is 2.82. The van der Waals surface area contributed by atoms with E-state index in [2.05, 4.69) is 15.5 Å². The molecule has 0 aliphatic carbocycles. The van der Waals surface area contributed by atoms with Crippen molar-refractivity contribution in [3.05, 3.63) is 58.6 Å². The summed E-state index contributed by atoms with van der Waals surface area (Å²) in [5.74, 6) is -0.204. The van der Waals surface area contributed by atoms with Gasteiger partial charge in [-0.25, -0.2) is 0 Å². The monoisotopic (exact) mass is 422 g/mol. The van der Waals surface area contributed by atoms with Gasteiger partial charge in [0, 0.05) is 34.7 Å². The van der Waals surface area contributed by atoms with Crippen molar-refractivity contribution in [3.63, 3.8) is 0 Å². The van der Waals surface area contributed by atoms with Crippen molar-refractivity contribution in [3.8, 4) is 22.8 Å². The number of benzene rings is 2. The summed E-state index contributed by atoms with van der Waals surface area (Å²) in [4.78, 5) is 42.3. The van der Waals surface area contributed by atoms with Crippen LogP contribution in [0.2, 0.25) is 5.02 Å². The predicted molar refractivity (Wildman–Crippen MR) is 106 cm³/mol. The lowest BCUT2D eigenvalue weighted by molar-refractivity contribution is -0.136. The molecule has 9 heteroatoms. The first-order valence-corrected chi connectivity index (χ1v) is 9.75. The highest BCUT2D eigenvalue weighted by molar-refractivity contribution is 6.30. The maximum Gasteiger partial charge on any atom is 0.258 e. The first-order chi connectivity index (χ1) is 14.5. The molecule has 150 valence electrons. The topological polar surface area (TPSA) is 105 Å². The number of nitrogens with zero attached hydrogens (tertiary/aromatic N) is 3. The Morgan fingerprint density at radius 2 is 1.83 bits per heavy atom. The zero-order valence-corrected chi connectivity index (χ0v) is 16.3. The van der Waals surface area contributed by atoms with E-state index in [-0.39, 0.29) is 24.8 Å². The molecule has 5 rings (SSSR count). The zero-order valence-electron chi connectivity index (χ0n) is 15.6. The summed E-state index contributed by atoms with van der Waals surface area (Å²) in [6, 6.07) is 11.7. The smallest absolute Gasteiger partial charge is 0.258 e. The Morgan fingerprint density at radius 1 is 1.07 bits per heavy atom. The average molecular weight is 423 g/mol. The minimum Gasteiger partial charge on any atom is -0.334 e. The Labute approximate surface area is 175 Å². The summed E-state index contributed by atoms with van der Waals surface area (Å²) < 4.78 is 5.40. The normalized spacial score (nSPS) is 18.5. The van der Waals surface area contributed by atoms with Crippen LogP contribution < -0.4 is 5.32 Å². The molecule has 1 atom stereocenters. The number of carbonyl (C=O) groups excluding carboxylic acids is 3. The second-order valence-corrected chi connectivity index (χ2v) is 7.64. The number of nitrogens with one attached hydrogen (secondary N) is 1. The molecule has 1 aromatic heterocycles. The van der Waals surface area contributed by atoms with Crippen molar-refractivity contribution in [2.75, 3.05) is 0 Å². The summed E-state index contributed by atoms with van der Waals surface area (Å²) in [6.07, 6.45) is 0.544. The van der Waals surface area contributed by atoms with E-state index in [0.717, 1.165) is 11.1 Å². The van der Waals surface area contributed by atoms with E-state index in [0.29, 0.717) is 34.3 Å². The van der Waals surface area contributed by atoms with Gasteiger partial charge in [0.15, 0.2) is 0 Å². The van der Waals surface area contributed by atoms with Crippen LogP contribution in [0.4, 0.5) is 0 Å². The first kappa shape index (κ1) is 18.5. The second kappa shape index (κ2) is 7.07. The third-order valence-corrected chi connectivity index (χ3v) is 5.55. The third-order valence-electron chi connectivity index (χ3n) is 5.30. The molecule has 3 aromatic rings. The van der Waals surface area contributed by atoms with Gasteiger partial charge in [0.25, 0.3) is 11.8 Å². The van der Waals surface area contributed by atoms with E-state index in [4.69, 9.17) is 16.1 Å². The van der Waals surface area contributed by atoms with Gasteiger partial charge in [0.2, 0.25) is 17.6 Å². The molecule has 1 N–H and O–H groups in total. The Morgan fingerprint density at radius 3 is 2.60 bits per heavy atom. The molecule has 0 radical (unpaired) electrons. The molecular formula is C21H15ClN4O4. The molecule has 30 heavy (non-hydrogen) atoms. The van der Waals surface area contributed by atoms with Crippen molar-refractivity contribution < 1.29 is 18.9 Å². The number of carbonyl (C=O) groups is 3. The summed E-state index contributed by atoms with van der Waals surface area (Å²) in [5, 5.41) is 6.93. The fourth-order valence-electron chi connectivity index (χ4n) is 3.76. The second-order valence-electron chi connectivity index (χ2n) is 7.20. The number of hydrogen-bond acceptors (Lipinski definition) is 6. The molecule has 2 aliphatic rings. The largest absolute Gasteiger partial charge is 0.334 e. The maximum absolute atomic E-state index is 12.8. The van der Waals surface area contributed by atoms with E-state index in [9.17, 15) is 14.4 Å². The van der Waals surface area contributed by atoms with Crippen LogP contribution in [0.3, 0.4) is 0 Å². The van der Waals surface area contributed by atoms with Crippen molar-refractivity contribution in [2.24, 2.45) is 0 Å². The van der Waals surface area contributed by atoms with E-state index in [1.165, 1.54) is 4.90 Å². The fourth-order valence-corrected chi connectivity index (χ4v) is 3.89. The summed E-state index contributed by atoms with van der Waals surface area (Å²) in [6.45, 7) is 0.284. The molecule has 3 heterocycles. The molecule has 1 unspecified atom stereocenters. The van der Waals surface area contributed by atoms with Crippen LogP contribution in [0, 0.1) is 0 Å². The van der Waals surface area contributed by atoms with Gasteiger partial charge in [-0.2, -0.15) is 4.98 Å². The van der Waals surface area contributed by atoms with Crippen molar-refractivity contribution in [2.45, 2.75) is 25.4 Å². The number of hydrogen-bond donors (Lipinski definition) is 1. The number of amides is 3. The van der Waals surface area contributed by atoms with Crippen LogP contribution in [-0.2, 0) is 16.1 Å². The van der Waals surface area contributed by atoms with E-state index < -0.39 is 11.9 Å². The average Bonchev–Trinajstić information content (AvgIpc) is 3.34. The van der Waals surface area contributed by atoms with Crippen molar-refractivity contribution in [1.82, 2.24) is 20.4 Å². The Hall–Kier alpha value is -3.52. The highest BCUT2D eigenvalue weighted by atomic mass is 35.5. The molecule has 8 nitrogen and oxygen atoms in total. The lowest BCUT2D eigenvalue weighted by atomic mass is 10.0. The first-order valence-electron chi connectivity index (χ1n) is 9.37. The van der Waals surface area contributed by atoms with Crippen LogP contribution in [-0.4, -0.2) is 38.8 Å². The van der Waals surface area contributed by atoms with Gasteiger partial charge in [-0.1, -0.05) is 16.8 Å². The number of rotatable bonds is 3. The van der Waals surface area contributed by atoms with Gasteiger partial charge in [0.1, 0.15) is 6.04 Å². The minimum absolute atomic E-state index is 0.219. The standard InChI is InChI=1S/C21H15ClN4O4/c22-14-4-1-11(2-5-14)18-24-20(30-25-18)12-3-6-15-13(9-12)10-26(21(15)29)16-7-8-17(27)23-19(16)28/h1-6,9,16H,7-8,10H2,(H,23,27,28). The SMILES string of the molecule is O=C1CCC(N2Cc3cc(-c4nc(-c5ccc(Cl)cc5)no4)ccc3C2=O)C(=O)N1. The molecule has 0 bridgehead atoms. The number of imide groups is 1. The highest BCUT2D eigenvalue weighted by Crippen LogP contribution is 2.31. The van der Waals surface area contributed by atoms with Crippen LogP contribution in [0.25, 0.3) is 22.8 Å². The lowest BCUT2D eigenvalue weighted by Crippen LogP contribution is -2.52.